The summed E-state index contributed by atoms with van der Waals surface area (Å²) in [6.45, 7) is 7.18. The lowest BCUT2D eigenvalue weighted by atomic mass is 9.88. The van der Waals surface area contributed by atoms with E-state index in [-0.39, 0.29) is 6.10 Å². The van der Waals surface area contributed by atoms with Gasteiger partial charge in [0.1, 0.15) is 0 Å². The molecule has 0 aromatic heterocycles. The second-order valence-corrected chi connectivity index (χ2v) is 4.63. The van der Waals surface area contributed by atoms with Crippen molar-refractivity contribution in [2.45, 2.75) is 51.7 Å². The van der Waals surface area contributed by atoms with Crippen molar-refractivity contribution >= 4 is 0 Å². The molecule has 0 aromatic carbocycles. The fourth-order valence-corrected chi connectivity index (χ4v) is 2.27. The van der Waals surface area contributed by atoms with Crippen LogP contribution in [0.5, 0.6) is 0 Å². The molecule has 3 unspecified atom stereocenters. The zero-order valence-electron chi connectivity index (χ0n) is 10.1. The summed E-state index contributed by atoms with van der Waals surface area (Å²) in [7, 11) is 0. The van der Waals surface area contributed by atoms with Crippen molar-refractivity contribution in [3.63, 3.8) is 0 Å². The first kappa shape index (κ1) is 12.9. The minimum absolute atomic E-state index is 0.231. The van der Waals surface area contributed by atoms with Gasteiger partial charge >= 0.3 is 0 Å². The van der Waals surface area contributed by atoms with Gasteiger partial charge in [-0.2, -0.15) is 0 Å². The number of hydrogen-bond acceptors (Lipinski definition) is 3. The van der Waals surface area contributed by atoms with Crippen molar-refractivity contribution in [2.24, 2.45) is 5.92 Å². The summed E-state index contributed by atoms with van der Waals surface area (Å²) >= 11 is 0. The minimum atomic E-state index is -0.231. The Labute approximate surface area is 93.6 Å². The quantitative estimate of drug-likeness (QED) is 0.581. The van der Waals surface area contributed by atoms with Crippen molar-refractivity contribution in [3.05, 3.63) is 0 Å². The van der Waals surface area contributed by atoms with Crippen molar-refractivity contribution in [2.75, 3.05) is 19.6 Å². The highest BCUT2D eigenvalue weighted by atomic mass is 16.3. The molecule has 0 aromatic rings. The van der Waals surface area contributed by atoms with Crippen molar-refractivity contribution in [1.29, 1.82) is 0 Å². The fourth-order valence-electron chi connectivity index (χ4n) is 2.27. The monoisotopic (exact) mass is 214 g/mol. The second kappa shape index (κ2) is 7.20. The van der Waals surface area contributed by atoms with Crippen LogP contribution < -0.4 is 10.6 Å². The molecule has 1 aliphatic rings. The SMILES string of the molecule is CCCNCC(O)C1CC(CC)CCN1. The lowest BCUT2D eigenvalue weighted by Crippen LogP contribution is -2.49. The van der Waals surface area contributed by atoms with Crippen LogP contribution in [0.2, 0.25) is 0 Å². The van der Waals surface area contributed by atoms with Crippen LogP contribution in [0.25, 0.3) is 0 Å². The molecular formula is C12H26N2O. The van der Waals surface area contributed by atoms with Crippen LogP contribution in [0, 0.1) is 5.92 Å². The average Bonchev–Trinajstić information content (AvgIpc) is 2.29. The fraction of sp³-hybridized carbons (Fsp3) is 1.00. The van der Waals surface area contributed by atoms with Gasteiger partial charge in [0.05, 0.1) is 6.10 Å². The van der Waals surface area contributed by atoms with Crippen molar-refractivity contribution < 1.29 is 5.11 Å². The maximum Gasteiger partial charge on any atom is 0.0817 e. The molecule has 90 valence electrons. The molecule has 3 N–H and O–H groups in total. The number of aliphatic hydroxyl groups excluding tert-OH is 1. The Bertz CT molecular complexity index is 164. The van der Waals surface area contributed by atoms with E-state index < -0.39 is 0 Å². The normalized spacial score (nSPS) is 29.0. The van der Waals surface area contributed by atoms with E-state index in [0.29, 0.717) is 6.04 Å². The van der Waals surface area contributed by atoms with Gasteiger partial charge in [-0.15, -0.1) is 0 Å². The molecule has 0 aliphatic carbocycles. The van der Waals surface area contributed by atoms with E-state index in [9.17, 15) is 5.11 Å². The Kier molecular flexibility index (Phi) is 6.22. The number of nitrogens with one attached hydrogen (secondary N) is 2. The van der Waals surface area contributed by atoms with Crippen LogP contribution in [0.3, 0.4) is 0 Å². The molecule has 0 spiro atoms. The standard InChI is InChI=1S/C12H26N2O/c1-3-6-13-9-12(15)11-8-10(4-2)5-7-14-11/h10-15H,3-9H2,1-2H3. The summed E-state index contributed by atoms with van der Waals surface area (Å²) in [5.74, 6) is 0.803. The first-order chi connectivity index (χ1) is 7.27. The molecule has 1 saturated heterocycles. The summed E-state index contributed by atoms with van der Waals surface area (Å²) in [5, 5.41) is 16.7. The molecule has 1 heterocycles. The van der Waals surface area contributed by atoms with E-state index in [1.807, 2.05) is 0 Å². The topological polar surface area (TPSA) is 44.3 Å². The number of aliphatic hydroxyl groups is 1. The van der Waals surface area contributed by atoms with Crippen LogP contribution in [0.4, 0.5) is 0 Å². The van der Waals surface area contributed by atoms with Crippen molar-refractivity contribution in [3.8, 4) is 0 Å². The molecule has 1 rings (SSSR count). The average molecular weight is 214 g/mol. The summed E-state index contributed by atoms with van der Waals surface area (Å²) in [6, 6.07) is 0.299. The molecular weight excluding hydrogens is 188 g/mol. The second-order valence-electron chi connectivity index (χ2n) is 4.63. The van der Waals surface area contributed by atoms with Gasteiger partial charge in [0, 0.05) is 12.6 Å². The summed E-state index contributed by atoms with van der Waals surface area (Å²) in [5.41, 5.74) is 0. The molecule has 0 saturated carbocycles. The third-order valence-corrected chi connectivity index (χ3v) is 3.37. The van der Waals surface area contributed by atoms with E-state index in [4.69, 9.17) is 0 Å². The molecule has 0 radical (unpaired) electrons. The van der Waals surface area contributed by atoms with Gasteiger partial charge < -0.3 is 15.7 Å². The van der Waals surface area contributed by atoms with Gasteiger partial charge in [-0.3, -0.25) is 0 Å². The van der Waals surface area contributed by atoms with Gasteiger partial charge in [-0.25, -0.2) is 0 Å². The zero-order valence-corrected chi connectivity index (χ0v) is 10.1. The van der Waals surface area contributed by atoms with E-state index in [2.05, 4.69) is 24.5 Å². The molecule has 1 aliphatic heterocycles. The lowest BCUT2D eigenvalue weighted by molar-refractivity contribution is 0.0968. The highest BCUT2D eigenvalue weighted by Crippen LogP contribution is 2.20. The third-order valence-electron chi connectivity index (χ3n) is 3.37. The Hall–Kier alpha value is -0.120. The Balaban J connectivity index is 2.22. The van der Waals surface area contributed by atoms with E-state index in [1.165, 1.54) is 12.8 Å². The van der Waals surface area contributed by atoms with Crippen molar-refractivity contribution in [1.82, 2.24) is 10.6 Å². The highest BCUT2D eigenvalue weighted by molar-refractivity contribution is 4.84. The van der Waals surface area contributed by atoms with Gasteiger partial charge in [0.2, 0.25) is 0 Å². The highest BCUT2D eigenvalue weighted by Gasteiger charge is 2.25. The predicted molar refractivity (Wildman–Crippen MR) is 64.0 cm³/mol. The molecule has 0 amide bonds. The first-order valence-electron chi connectivity index (χ1n) is 6.40. The predicted octanol–water partition coefficient (Wildman–Crippen LogP) is 1.13. The third kappa shape index (κ3) is 4.49. The summed E-state index contributed by atoms with van der Waals surface area (Å²) < 4.78 is 0. The van der Waals surface area contributed by atoms with Gasteiger partial charge in [0.15, 0.2) is 0 Å². The van der Waals surface area contributed by atoms with E-state index in [0.717, 1.165) is 38.4 Å². The van der Waals surface area contributed by atoms with E-state index in [1.54, 1.807) is 0 Å². The van der Waals surface area contributed by atoms with Gasteiger partial charge in [-0.1, -0.05) is 20.3 Å². The molecule has 3 nitrogen and oxygen atoms in total. The number of hydrogen-bond donors (Lipinski definition) is 3. The van der Waals surface area contributed by atoms with Gasteiger partial charge in [-0.05, 0) is 38.3 Å². The maximum absolute atomic E-state index is 9.99. The molecule has 3 atom stereocenters. The molecule has 1 fully saturated rings. The Morgan fingerprint density at radius 3 is 2.93 bits per heavy atom. The van der Waals surface area contributed by atoms with E-state index >= 15 is 0 Å². The van der Waals surface area contributed by atoms with Crippen LogP contribution in [-0.2, 0) is 0 Å². The number of piperidine rings is 1. The molecule has 15 heavy (non-hydrogen) atoms. The lowest BCUT2D eigenvalue weighted by Gasteiger charge is -2.33. The van der Waals surface area contributed by atoms with Crippen LogP contribution >= 0.6 is 0 Å². The summed E-state index contributed by atoms with van der Waals surface area (Å²) in [4.78, 5) is 0. The molecule has 3 heteroatoms. The van der Waals surface area contributed by atoms with Gasteiger partial charge in [0.25, 0.3) is 0 Å². The minimum Gasteiger partial charge on any atom is -0.390 e. The molecule has 0 bridgehead atoms. The Morgan fingerprint density at radius 1 is 1.47 bits per heavy atom. The summed E-state index contributed by atoms with van der Waals surface area (Å²) in [6.07, 6.45) is 4.54. The number of rotatable bonds is 6. The van der Waals surface area contributed by atoms with Crippen LogP contribution in [0.15, 0.2) is 0 Å². The van der Waals surface area contributed by atoms with Crippen LogP contribution in [-0.4, -0.2) is 36.9 Å². The first-order valence-corrected chi connectivity index (χ1v) is 6.40. The zero-order chi connectivity index (χ0) is 11.1. The Morgan fingerprint density at radius 2 is 2.27 bits per heavy atom. The van der Waals surface area contributed by atoms with Crippen LogP contribution in [0.1, 0.15) is 39.5 Å². The maximum atomic E-state index is 9.99. The smallest absolute Gasteiger partial charge is 0.0817 e. The largest absolute Gasteiger partial charge is 0.390 e.